The molecule has 0 bridgehead atoms. The van der Waals surface area contributed by atoms with Crippen molar-refractivity contribution in [3.63, 3.8) is 0 Å². The van der Waals surface area contributed by atoms with Crippen molar-refractivity contribution in [2.24, 2.45) is 0 Å². The maximum Gasteiger partial charge on any atom is 0.230 e. The van der Waals surface area contributed by atoms with Gasteiger partial charge in [0.25, 0.3) is 0 Å². The van der Waals surface area contributed by atoms with Crippen LogP contribution in [0.5, 0.6) is 0 Å². The van der Waals surface area contributed by atoms with Crippen LogP contribution in [-0.4, -0.2) is 21.1 Å². The summed E-state index contributed by atoms with van der Waals surface area (Å²) >= 11 is 5.99. The van der Waals surface area contributed by atoms with Crippen LogP contribution in [-0.2, 0) is 11.2 Å². The second kappa shape index (κ2) is 8.24. The molecule has 144 valence electrons. The fraction of sp³-hybridized carbons (Fsp3) is 0.0455. The summed E-state index contributed by atoms with van der Waals surface area (Å²) in [4.78, 5) is 16.6. The Morgan fingerprint density at radius 1 is 1.03 bits per heavy atom. The smallest absolute Gasteiger partial charge is 0.230 e. The minimum absolute atomic E-state index is 0.162. The summed E-state index contributed by atoms with van der Waals surface area (Å²) in [6.45, 7) is 0. The number of aromatic nitrogens is 3. The zero-order chi connectivity index (χ0) is 20.2. The number of amides is 1. The summed E-state index contributed by atoms with van der Waals surface area (Å²) in [5.74, 6) is -0.156. The van der Waals surface area contributed by atoms with Crippen LogP contribution in [0.2, 0.25) is 5.02 Å². The maximum atomic E-state index is 13.3. The van der Waals surface area contributed by atoms with Gasteiger partial charge in [0.05, 0.1) is 17.7 Å². The van der Waals surface area contributed by atoms with Crippen LogP contribution >= 0.6 is 11.6 Å². The van der Waals surface area contributed by atoms with Crippen molar-refractivity contribution in [1.82, 2.24) is 15.2 Å². The van der Waals surface area contributed by atoms with Crippen molar-refractivity contribution in [3.05, 3.63) is 89.5 Å². The first-order chi connectivity index (χ1) is 14.1. The Kier molecular flexibility index (Phi) is 5.35. The van der Waals surface area contributed by atoms with Crippen LogP contribution in [0.25, 0.3) is 22.4 Å². The lowest BCUT2D eigenvalue weighted by Crippen LogP contribution is -2.15. The van der Waals surface area contributed by atoms with Crippen LogP contribution in [0, 0.1) is 5.82 Å². The van der Waals surface area contributed by atoms with Gasteiger partial charge in [-0.05, 0) is 59.7 Å². The normalized spacial score (nSPS) is 10.7. The van der Waals surface area contributed by atoms with Gasteiger partial charge in [-0.1, -0.05) is 23.7 Å². The Balaban J connectivity index is 1.68. The standard InChI is InChI=1S/C22H16ClFN4O/c23-17-3-1-2-14(12-17)13-19(29)26-22-20(15-8-10-25-11-9-15)21(27-28-22)16-4-6-18(24)7-5-16/h1-12H,13H2,(H2,26,27,28,29). The third-order valence-corrected chi connectivity index (χ3v) is 4.61. The summed E-state index contributed by atoms with van der Waals surface area (Å²) in [5, 5.41) is 10.7. The molecule has 0 radical (unpaired) electrons. The fourth-order valence-corrected chi connectivity index (χ4v) is 3.28. The third-order valence-electron chi connectivity index (χ3n) is 4.38. The molecule has 2 heterocycles. The second-order valence-corrected chi connectivity index (χ2v) is 6.86. The molecular weight excluding hydrogens is 391 g/mol. The molecule has 1 amide bonds. The Bertz CT molecular complexity index is 1140. The van der Waals surface area contributed by atoms with Gasteiger partial charge in [-0.25, -0.2) is 4.39 Å². The number of anilines is 1. The zero-order valence-corrected chi connectivity index (χ0v) is 15.9. The van der Waals surface area contributed by atoms with E-state index in [1.807, 2.05) is 18.2 Å². The molecule has 0 aliphatic carbocycles. The maximum absolute atomic E-state index is 13.3. The Labute approximate surface area is 171 Å². The van der Waals surface area contributed by atoms with Gasteiger partial charge in [-0.2, -0.15) is 5.10 Å². The van der Waals surface area contributed by atoms with E-state index in [4.69, 9.17) is 11.6 Å². The number of hydrogen-bond acceptors (Lipinski definition) is 3. The van der Waals surface area contributed by atoms with Crippen LogP contribution in [0.4, 0.5) is 10.2 Å². The Hall–Kier alpha value is -3.51. The molecule has 5 nitrogen and oxygen atoms in total. The van der Waals surface area contributed by atoms with Crippen molar-refractivity contribution < 1.29 is 9.18 Å². The van der Waals surface area contributed by atoms with Crippen LogP contribution in [0.3, 0.4) is 0 Å². The number of nitrogens with one attached hydrogen (secondary N) is 2. The van der Waals surface area contributed by atoms with E-state index in [-0.39, 0.29) is 18.1 Å². The van der Waals surface area contributed by atoms with Crippen LogP contribution in [0.1, 0.15) is 5.56 Å². The first-order valence-electron chi connectivity index (χ1n) is 8.89. The van der Waals surface area contributed by atoms with Gasteiger partial charge in [0, 0.05) is 23.0 Å². The Morgan fingerprint density at radius 3 is 2.52 bits per heavy atom. The van der Waals surface area contributed by atoms with E-state index in [1.54, 1.807) is 42.7 Å². The van der Waals surface area contributed by atoms with Crippen molar-refractivity contribution >= 4 is 23.3 Å². The molecule has 4 rings (SSSR count). The third kappa shape index (κ3) is 4.33. The molecular formula is C22H16ClFN4O. The van der Waals surface area contributed by atoms with Gasteiger partial charge in [0.15, 0.2) is 5.82 Å². The Morgan fingerprint density at radius 2 is 1.79 bits per heavy atom. The number of pyridine rings is 1. The molecule has 2 aromatic heterocycles. The minimum atomic E-state index is -0.325. The van der Waals surface area contributed by atoms with Gasteiger partial charge in [0.1, 0.15) is 5.82 Å². The average molecular weight is 407 g/mol. The zero-order valence-electron chi connectivity index (χ0n) is 15.2. The van der Waals surface area contributed by atoms with Crippen molar-refractivity contribution in [1.29, 1.82) is 0 Å². The fourth-order valence-electron chi connectivity index (χ4n) is 3.07. The number of carbonyl (C=O) groups excluding carboxylic acids is 1. The van der Waals surface area contributed by atoms with Gasteiger partial charge >= 0.3 is 0 Å². The molecule has 0 saturated carbocycles. The summed E-state index contributed by atoms with van der Waals surface area (Å²) in [5.41, 5.74) is 3.76. The van der Waals surface area contributed by atoms with Crippen molar-refractivity contribution in [2.45, 2.75) is 6.42 Å². The number of carbonyl (C=O) groups is 1. The average Bonchev–Trinajstić information content (AvgIpc) is 3.12. The number of H-pyrrole nitrogens is 1. The quantitative estimate of drug-likeness (QED) is 0.483. The summed E-state index contributed by atoms with van der Waals surface area (Å²) in [6.07, 6.45) is 3.48. The molecule has 0 spiro atoms. The predicted molar refractivity (Wildman–Crippen MR) is 111 cm³/mol. The predicted octanol–water partition coefficient (Wildman–Crippen LogP) is 5.11. The van der Waals surface area contributed by atoms with E-state index in [2.05, 4.69) is 20.5 Å². The highest BCUT2D eigenvalue weighted by atomic mass is 35.5. The lowest BCUT2D eigenvalue weighted by Gasteiger charge is -2.08. The number of aromatic amines is 1. The molecule has 29 heavy (non-hydrogen) atoms. The molecule has 0 saturated heterocycles. The number of halogens is 2. The number of nitrogens with zero attached hydrogens (tertiary/aromatic N) is 2. The van der Waals surface area contributed by atoms with Gasteiger partial charge in [0.2, 0.25) is 5.91 Å². The summed E-state index contributed by atoms with van der Waals surface area (Å²) in [6, 6.07) is 16.9. The van der Waals surface area contributed by atoms with Gasteiger partial charge < -0.3 is 5.32 Å². The summed E-state index contributed by atoms with van der Waals surface area (Å²) < 4.78 is 13.3. The van der Waals surface area contributed by atoms with E-state index in [9.17, 15) is 9.18 Å². The molecule has 0 aliphatic rings. The molecule has 0 unspecified atom stereocenters. The SMILES string of the molecule is O=C(Cc1cccc(Cl)c1)Nc1n[nH]c(-c2ccc(F)cc2)c1-c1ccncc1. The molecule has 0 atom stereocenters. The first kappa shape index (κ1) is 18.8. The molecule has 2 aromatic carbocycles. The van der Waals surface area contributed by atoms with E-state index >= 15 is 0 Å². The highest BCUT2D eigenvalue weighted by Crippen LogP contribution is 2.36. The number of rotatable bonds is 5. The topological polar surface area (TPSA) is 70.7 Å². The van der Waals surface area contributed by atoms with Gasteiger partial charge in [-0.3, -0.25) is 14.9 Å². The van der Waals surface area contributed by atoms with E-state index in [0.717, 1.165) is 16.7 Å². The largest absolute Gasteiger partial charge is 0.308 e. The molecule has 0 fully saturated rings. The molecule has 2 N–H and O–H groups in total. The van der Waals surface area contributed by atoms with E-state index in [1.165, 1.54) is 12.1 Å². The molecule has 7 heteroatoms. The number of hydrogen-bond donors (Lipinski definition) is 2. The first-order valence-corrected chi connectivity index (χ1v) is 9.27. The van der Waals surface area contributed by atoms with Crippen LogP contribution < -0.4 is 5.32 Å². The summed E-state index contributed by atoms with van der Waals surface area (Å²) in [7, 11) is 0. The number of benzene rings is 2. The monoisotopic (exact) mass is 406 g/mol. The van der Waals surface area contributed by atoms with E-state index < -0.39 is 0 Å². The van der Waals surface area contributed by atoms with Crippen LogP contribution in [0.15, 0.2) is 73.1 Å². The van der Waals surface area contributed by atoms with Crippen molar-refractivity contribution in [3.8, 4) is 22.4 Å². The molecule has 0 aliphatic heterocycles. The molecule has 4 aromatic rings. The minimum Gasteiger partial charge on any atom is -0.308 e. The highest BCUT2D eigenvalue weighted by molar-refractivity contribution is 6.30. The van der Waals surface area contributed by atoms with Gasteiger partial charge in [-0.15, -0.1) is 0 Å². The van der Waals surface area contributed by atoms with Crippen molar-refractivity contribution in [2.75, 3.05) is 5.32 Å². The lowest BCUT2D eigenvalue weighted by molar-refractivity contribution is -0.115. The lowest BCUT2D eigenvalue weighted by atomic mass is 10.0. The second-order valence-electron chi connectivity index (χ2n) is 6.42. The highest BCUT2D eigenvalue weighted by Gasteiger charge is 2.19. The van der Waals surface area contributed by atoms with E-state index in [0.29, 0.717) is 22.1 Å².